The molecule has 1 aliphatic heterocycles. The number of amides is 1. The Morgan fingerprint density at radius 2 is 2.00 bits per heavy atom. The highest BCUT2D eigenvalue weighted by atomic mass is 79.9. The molecule has 0 unspecified atom stereocenters. The van der Waals surface area contributed by atoms with E-state index in [4.69, 9.17) is 4.74 Å². The quantitative estimate of drug-likeness (QED) is 0.821. The van der Waals surface area contributed by atoms with Crippen LogP contribution in [-0.4, -0.2) is 25.3 Å². The molecule has 0 spiro atoms. The first kappa shape index (κ1) is 14.8. The molecule has 22 heavy (non-hydrogen) atoms. The van der Waals surface area contributed by atoms with Crippen LogP contribution in [0.25, 0.3) is 0 Å². The Bertz CT molecular complexity index is 757. The number of hydrogen-bond donors (Lipinski definition) is 0. The van der Waals surface area contributed by atoms with Crippen LogP contribution in [-0.2, 0) is 0 Å². The van der Waals surface area contributed by atoms with E-state index in [2.05, 4.69) is 15.9 Å². The molecule has 0 N–H and O–H groups in total. The van der Waals surface area contributed by atoms with Gasteiger partial charge in [-0.25, -0.2) is 0 Å². The third kappa shape index (κ3) is 2.52. The molecule has 112 valence electrons. The van der Waals surface area contributed by atoms with Gasteiger partial charge in [-0.1, -0.05) is 28.1 Å². The summed E-state index contributed by atoms with van der Waals surface area (Å²) in [6, 6.07) is 12.5. The molecule has 0 saturated heterocycles. The molecule has 2 aromatic rings. The maximum Gasteiger partial charge on any atom is 0.258 e. The zero-order valence-corrected chi connectivity index (χ0v) is 13.6. The number of ketones is 1. The number of anilines is 1. The minimum Gasteiger partial charge on any atom is -0.495 e. The maximum atomic E-state index is 12.8. The van der Waals surface area contributed by atoms with E-state index < -0.39 is 0 Å². The van der Waals surface area contributed by atoms with E-state index >= 15 is 0 Å². The summed E-state index contributed by atoms with van der Waals surface area (Å²) in [7, 11) is 1.54. The number of hydrogen-bond acceptors (Lipinski definition) is 3. The lowest BCUT2D eigenvalue weighted by Gasteiger charge is -2.30. The van der Waals surface area contributed by atoms with Crippen molar-refractivity contribution in [1.29, 1.82) is 0 Å². The van der Waals surface area contributed by atoms with Crippen LogP contribution < -0.4 is 9.64 Å². The lowest BCUT2D eigenvalue weighted by Crippen LogP contribution is -2.37. The Morgan fingerprint density at radius 1 is 1.23 bits per heavy atom. The van der Waals surface area contributed by atoms with Crippen molar-refractivity contribution in [3.05, 3.63) is 58.1 Å². The molecule has 3 rings (SSSR count). The van der Waals surface area contributed by atoms with Gasteiger partial charge in [0, 0.05) is 28.6 Å². The van der Waals surface area contributed by atoms with Gasteiger partial charge in [-0.3, -0.25) is 9.59 Å². The highest BCUT2D eigenvalue weighted by Gasteiger charge is 2.30. The second-order valence-corrected chi connectivity index (χ2v) is 5.91. The van der Waals surface area contributed by atoms with E-state index in [-0.39, 0.29) is 11.7 Å². The number of carbonyl (C=O) groups is 2. The largest absolute Gasteiger partial charge is 0.495 e. The van der Waals surface area contributed by atoms with Gasteiger partial charge in [0.25, 0.3) is 5.91 Å². The molecule has 0 saturated carbocycles. The van der Waals surface area contributed by atoms with Gasteiger partial charge in [-0.15, -0.1) is 0 Å². The lowest BCUT2D eigenvalue weighted by molar-refractivity contribution is 0.0954. The summed E-state index contributed by atoms with van der Waals surface area (Å²) in [4.78, 5) is 26.6. The molecule has 0 atom stereocenters. The predicted octanol–water partition coefficient (Wildman–Crippen LogP) is 3.69. The summed E-state index contributed by atoms with van der Waals surface area (Å²) in [5.74, 6) is 0.431. The van der Waals surface area contributed by atoms with Crippen LogP contribution in [0, 0.1) is 0 Å². The first-order chi connectivity index (χ1) is 10.6. The molecule has 0 radical (unpaired) electrons. The van der Waals surface area contributed by atoms with Crippen LogP contribution in [0.15, 0.2) is 46.9 Å². The average molecular weight is 360 g/mol. The van der Waals surface area contributed by atoms with Crippen LogP contribution in [0.3, 0.4) is 0 Å². The normalized spacial score (nSPS) is 13.7. The molecule has 0 aliphatic carbocycles. The van der Waals surface area contributed by atoms with Crippen LogP contribution in [0.2, 0.25) is 0 Å². The fourth-order valence-corrected chi connectivity index (χ4v) is 3.03. The number of methoxy groups -OCH3 is 1. The highest BCUT2D eigenvalue weighted by molar-refractivity contribution is 9.10. The van der Waals surface area contributed by atoms with Crippen molar-refractivity contribution in [3.8, 4) is 5.75 Å². The van der Waals surface area contributed by atoms with Crippen molar-refractivity contribution in [2.24, 2.45) is 0 Å². The summed E-state index contributed by atoms with van der Waals surface area (Å²) in [6.07, 6.45) is 0.319. The highest BCUT2D eigenvalue weighted by Crippen LogP contribution is 2.37. The number of ether oxygens (including phenoxy) is 1. The topological polar surface area (TPSA) is 46.6 Å². The van der Waals surface area contributed by atoms with Crippen molar-refractivity contribution in [2.45, 2.75) is 6.42 Å². The molecule has 1 aliphatic rings. The predicted molar refractivity (Wildman–Crippen MR) is 87.8 cm³/mol. The number of benzene rings is 2. The summed E-state index contributed by atoms with van der Waals surface area (Å²) in [5, 5.41) is 0. The van der Waals surface area contributed by atoms with E-state index in [1.54, 1.807) is 35.2 Å². The molecular formula is C17H14BrNO3. The van der Waals surface area contributed by atoms with E-state index in [1.165, 1.54) is 7.11 Å². The van der Waals surface area contributed by atoms with E-state index in [1.807, 2.05) is 12.1 Å². The molecule has 1 heterocycles. The van der Waals surface area contributed by atoms with Crippen LogP contribution >= 0.6 is 15.9 Å². The molecule has 4 nitrogen and oxygen atoms in total. The minimum atomic E-state index is -0.139. The van der Waals surface area contributed by atoms with Gasteiger partial charge in [0.05, 0.1) is 12.8 Å². The third-order valence-electron chi connectivity index (χ3n) is 3.67. The third-order valence-corrected chi connectivity index (χ3v) is 4.16. The molecule has 2 aromatic carbocycles. The van der Waals surface area contributed by atoms with Gasteiger partial charge in [-0.05, 0) is 30.3 Å². The van der Waals surface area contributed by atoms with E-state index in [0.29, 0.717) is 35.5 Å². The monoisotopic (exact) mass is 359 g/mol. The first-order valence-electron chi connectivity index (χ1n) is 6.89. The second kappa shape index (κ2) is 5.93. The van der Waals surface area contributed by atoms with Crippen LogP contribution in [0.1, 0.15) is 27.1 Å². The number of rotatable bonds is 2. The van der Waals surface area contributed by atoms with Gasteiger partial charge in [0.15, 0.2) is 5.78 Å². The van der Waals surface area contributed by atoms with Gasteiger partial charge in [0.1, 0.15) is 5.75 Å². The Hall–Kier alpha value is -2.14. The molecule has 1 amide bonds. The number of carbonyl (C=O) groups excluding carboxylic acids is 2. The zero-order valence-electron chi connectivity index (χ0n) is 12.0. The summed E-state index contributed by atoms with van der Waals surface area (Å²) < 4.78 is 6.19. The number of fused-ring (bicyclic) bond motifs is 1. The van der Waals surface area contributed by atoms with Crippen molar-refractivity contribution < 1.29 is 14.3 Å². The Morgan fingerprint density at radius 3 is 2.73 bits per heavy atom. The van der Waals surface area contributed by atoms with Crippen molar-refractivity contribution >= 4 is 33.3 Å². The van der Waals surface area contributed by atoms with E-state index in [9.17, 15) is 9.59 Å². The summed E-state index contributed by atoms with van der Waals surface area (Å²) in [5.41, 5.74) is 1.67. The molecule has 0 fully saturated rings. The summed E-state index contributed by atoms with van der Waals surface area (Å²) >= 11 is 3.37. The van der Waals surface area contributed by atoms with Crippen LogP contribution in [0.4, 0.5) is 5.69 Å². The second-order valence-electron chi connectivity index (χ2n) is 5.00. The smallest absolute Gasteiger partial charge is 0.258 e. The molecule has 5 heteroatoms. The lowest BCUT2D eigenvalue weighted by atomic mass is 9.98. The van der Waals surface area contributed by atoms with Gasteiger partial charge in [0.2, 0.25) is 0 Å². The van der Waals surface area contributed by atoms with Crippen LogP contribution in [0.5, 0.6) is 5.75 Å². The Kier molecular flexibility index (Phi) is 3.98. The average Bonchev–Trinajstić information content (AvgIpc) is 2.54. The number of Topliss-reactive ketones (excluding diaryl/α,β-unsaturated/α-hetero) is 1. The number of halogens is 1. The number of nitrogens with zero attached hydrogens (tertiary/aromatic N) is 1. The maximum absolute atomic E-state index is 12.8. The van der Waals surface area contributed by atoms with Gasteiger partial charge >= 0.3 is 0 Å². The zero-order chi connectivity index (χ0) is 15.7. The molecule has 0 aromatic heterocycles. The van der Waals surface area contributed by atoms with E-state index in [0.717, 1.165) is 4.47 Å². The summed E-state index contributed by atoms with van der Waals surface area (Å²) in [6.45, 7) is 0.359. The van der Waals surface area contributed by atoms with Crippen molar-refractivity contribution in [3.63, 3.8) is 0 Å². The Balaban J connectivity index is 2.09. The first-order valence-corrected chi connectivity index (χ1v) is 7.68. The van der Waals surface area contributed by atoms with Gasteiger partial charge < -0.3 is 9.64 Å². The van der Waals surface area contributed by atoms with Crippen molar-refractivity contribution in [2.75, 3.05) is 18.6 Å². The minimum absolute atomic E-state index is 0.0344. The SMILES string of the molecule is COc1cccc2c1N(C(=O)c1cccc(Br)c1)CCC2=O. The standard InChI is InChI=1S/C17H14BrNO3/c1-22-15-7-3-6-13-14(20)8-9-19(16(13)15)17(21)11-4-2-5-12(18)10-11/h2-7,10H,8-9H2,1H3. The fraction of sp³-hybridized carbons (Fsp3) is 0.176. The van der Waals surface area contributed by atoms with Gasteiger partial charge in [-0.2, -0.15) is 0 Å². The molecule has 0 bridgehead atoms. The van der Waals surface area contributed by atoms with Crippen molar-refractivity contribution in [1.82, 2.24) is 0 Å². The molecular weight excluding hydrogens is 346 g/mol. The number of para-hydroxylation sites is 1. The Labute approximate surface area is 136 Å². The fourth-order valence-electron chi connectivity index (χ4n) is 2.63.